The van der Waals surface area contributed by atoms with E-state index < -0.39 is 28.5 Å². The van der Waals surface area contributed by atoms with Crippen LogP contribution in [0.5, 0.6) is 0 Å². The van der Waals surface area contributed by atoms with Crippen molar-refractivity contribution in [1.29, 1.82) is 0 Å². The minimum Gasteiger partial charge on any atom is -0.352 e. The van der Waals surface area contributed by atoms with Crippen molar-refractivity contribution in [3.8, 4) is 0 Å². The van der Waals surface area contributed by atoms with Gasteiger partial charge >= 0.3 is 0 Å². The molecule has 0 aliphatic rings. The minimum atomic E-state index is -4.20. The number of benzene rings is 3. The van der Waals surface area contributed by atoms with E-state index in [1.807, 2.05) is 52.0 Å². The van der Waals surface area contributed by atoms with Crippen LogP contribution in [0, 0.1) is 6.92 Å². The van der Waals surface area contributed by atoms with E-state index in [9.17, 15) is 18.0 Å². The van der Waals surface area contributed by atoms with Crippen LogP contribution >= 0.6 is 23.2 Å². The largest absolute Gasteiger partial charge is 0.352 e. The Labute approximate surface area is 240 Å². The first-order valence-electron chi connectivity index (χ1n) is 12.6. The average Bonchev–Trinajstić information content (AvgIpc) is 2.88. The zero-order chi connectivity index (χ0) is 28.7. The molecule has 0 aliphatic heterocycles. The van der Waals surface area contributed by atoms with Crippen molar-refractivity contribution in [3.05, 3.63) is 94.0 Å². The van der Waals surface area contributed by atoms with Gasteiger partial charge in [0.05, 0.1) is 10.6 Å². The summed E-state index contributed by atoms with van der Waals surface area (Å²) < 4.78 is 28.6. The Morgan fingerprint density at radius 3 is 2.13 bits per heavy atom. The smallest absolute Gasteiger partial charge is 0.264 e. The van der Waals surface area contributed by atoms with Crippen LogP contribution in [-0.4, -0.2) is 43.8 Å². The van der Waals surface area contributed by atoms with Crippen LogP contribution < -0.4 is 9.62 Å². The van der Waals surface area contributed by atoms with E-state index in [4.69, 9.17) is 23.2 Å². The van der Waals surface area contributed by atoms with Crippen LogP contribution in [0.4, 0.5) is 5.69 Å². The maximum Gasteiger partial charge on any atom is 0.264 e. The van der Waals surface area contributed by atoms with E-state index in [-0.39, 0.29) is 29.1 Å². The number of amides is 2. The molecule has 0 saturated carbocycles. The van der Waals surface area contributed by atoms with Crippen molar-refractivity contribution >= 4 is 50.7 Å². The van der Waals surface area contributed by atoms with Gasteiger partial charge in [0.1, 0.15) is 12.6 Å². The topological polar surface area (TPSA) is 86.8 Å². The Bertz CT molecular complexity index is 1390. The molecule has 0 spiro atoms. The number of nitrogens with zero attached hydrogens (tertiary/aromatic N) is 2. The molecule has 0 heterocycles. The van der Waals surface area contributed by atoms with Crippen LogP contribution in [0.1, 0.15) is 38.3 Å². The van der Waals surface area contributed by atoms with Crippen LogP contribution in [0.15, 0.2) is 77.7 Å². The molecular formula is C29H33Cl2N3O4S. The second-order valence-electron chi connectivity index (χ2n) is 9.54. The Balaban J connectivity index is 2.06. The number of nitrogens with one attached hydrogen (secondary N) is 1. The number of carbonyl (C=O) groups excluding carboxylic acids is 2. The molecule has 0 saturated heterocycles. The number of rotatable bonds is 11. The van der Waals surface area contributed by atoms with E-state index in [1.165, 1.54) is 35.2 Å². The van der Waals surface area contributed by atoms with Gasteiger partial charge in [0, 0.05) is 22.6 Å². The number of sulfonamides is 1. The molecule has 0 aromatic heterocycles. The summed E-state index contributed by atoms with van der Waals surface area (Å²) in [6.07, 6.45) is 0.344. The highest BCUT2D eigenvalue weighted by Crippen LogP contribution is 2.27. The molecule has 7 nitrogen and oxygen atoms in total. The number of carbonyl (C=O) groups is 2. The Morgan fingerprint density at radius 2 is 1.56 bits per heavy atom. The molecule has 3 aromatic carbocycles. The van der Waals surface area contributed by atoms with Crippen molar-refractivity contribution in [2.45, 2.75) is 57.6 Å². The van der Waals surface area contributed by atoms with E-state index in [2.05, 4.69) is 5.32 Å². The van der Waals surface area contributed by atoms with Crippen LogP contribution in [0.3, 0.4) is 0 Å². The molecule has 0 fully saturated rings. The van der Waals surface area contributed by atoms with Gasteiger partial charge in [-0.25, -0.2) is 8.42 Å². The molecular weight excluding hydrogens is 557 g/mol. The Kier molecular flexibility index (Phi) is 10.4. The monoisotopic (exact) mass is 589 g/mol. The fraction of sp³-hybridized carbons (Fsp3) is 0.310. The first kappa shape index (κ1) is 30.5. The number of halogens is 2. The van der Waals surface area contributed by atoms with Crippen molar-refractivity contribution in [2.24, 2.45) is 0 Å². The van der Waals surface area contributed by atoms with Crippen LogP contribution in [0.25, 0.3) is 0 Å². The van der Waals surface area contributed by atoms with Crippen molar-refractivity contribution in [3.63, 3.8) is 0 Å². The summed E-state index contributed by atoms with van der Waals surface area (Å²) >= 11 is 12.2. The minimum absolute atomic E-state index is 0.0330. The predicted octanol–water partition coefficient (Wildman–Crippen LogP) is 5.83. The summed E-state index contributed by atoms with van der Waals surface area (Å²) in [5, 5.41) is 3.58. The molecule has 1 N–H and O–H groups in total. The van der Waals surface area contributed by atoms with Crippen LogP contribution in [-0.2, 0) is 26.2 Å². The molecule has 208 valence electrons. The summed E-state index contributed by atoms with van der Waals surface area (Å²) in [5.41, 5.74) is 2.10. The second kappa shape index (κ2) is 13.3. The van der Waals surface area contributed by atoms with Gasteiger partial charge in [-0.05, 0) is 75.2 Å². The lowest BCUT2D eigenvalue weighted by Crippen LogP contribution is -2.53. The fourth-order valence-corrected chi connectivity index (χ4v) is 5.80. The summed E-state index contributed by atoms with van der Waals surface area (Å²) in [4.78, 5) is 28.6. The van der Waals surface area contributed by atoms with E-state index in [0.717, 1.165) is 15.4 Å². The predicted molar refractivity (Wildman–Crippen MR) is 157 cm³/mol. The van der Waals surface area contributed by atoms with Gasteiger partial charge < -0.3 is 10.2 Å². The molecule has 10 heteroatoms. The van der Waals surface area contributed by atoms with Gasteiger partial charge in [-0.15, -0.1) is 0 Å². The lowest BCUT2D eigenvalue weighted by atomic mass is 10.1. The van der Waals surface area contributed by atoms with E-state index >= 15 is 0 Å². The summed E-state index contributed by atoms with van der Waals surface area (Å²) in [6, 6.07) is 18.7. The highest BCUT2D eigenvalue weighted by molar-refractivity contribution is 7.92. The van der Waals surface area contributed by atoms with E-state index in [1.54, 1.807) is 18.2 Å². The highest BCUT2D eigenvalue weighted by Gasteiger charge is 2.34. The van der Waals surface area contributed by atoms with Gasteiger partial charge in [0.15, 0.2) is 0 Å². The van der Waals surface area contributed by atoms with Gasteiger partial charge in [0.25, 0.3) is 10.0 Å². The number of anilines is 1. The first-order chi connectivity index (χ1) is 18.4. The Morgan fingerprint density at radius 1 is 0.923 bits per heavy atom. The zero-order valence-electron chi connectivity index (χ0n) is 22.4. The summed E-state index contributed by atoms with van der Waals surface area (Å²) in [6.45, 7) is 7.06. The lowest BCUT2D eigenvalue weighted by Gasteiger charge is -2.33. The second-order valence-corrected chi connectivity index (χ2v) is 12.3. The number of aryl methyl sites for hydroxylation is 1. The summed E-state index contributed by atoms with van der Waals surface area (Å²) in [7, 11) is -4.20. The Hall–Kier alpha value is -3.07. The fourth-order valence-electron chi connectivity index (χ4n) is 4.08. The maximum atomic E-state index is 14.0. The SMILES string of the molecule is CCC(C(=O)NC(C)C)N(Cc1ccc(C)cc1)C(=O)CN(c1cccc(Cl)c1)S(=O)(=O)c1ccc(Cl)cc1. The van der Waals surface area contributed by atoms with Crippen molar-refractivity contribution < 1.29 is 18.0 Å². The van der Waals surface area contributed by atoms with Gasteiger partial charge in [-0.3, -0.25) is 13.9 Å². The number of hydrogen-bond donors (Lipinski definition) is 1. The van der Waals surface area contributed by atoms with Gasteiger partial charge in [0.2, 0.25) is 11.8 Å². The van der Waals surface area contributed by atoms with Gasteiger partial charge in [-0.1, -0.05) is 66.0 Å². The normalized spacial score (nSPS) is 12.2. The molecule has 0 radical (unpaired) electrons. The quantitative estimate of drug-likeness (QED) is 0.305. The molecule has 1 atom stereocenters. The van der Waals surface area contributed by atoms with Crippen LogP contribution in [0.2, 0.25) is 10.0 Å². The molecule has 3 aromatic rings. The van der Waals surface area contributed by atoms with Gasteiger partial charge in [-0.2, -0.15) is 0 Å². The molecule has 3 rings (SSSR count). The molecule has 39 heavy (non-hydrogen) atoms. The first-order valence-corrected chi connectivity index (χ1v) is 14.8. The third kappa shape index (κ3) is 7.97. The molecule has 0 bridgehead atoms. The summed E-state index contributed by atoms with van der Waals surface area (Å²) in [5.74, 6) is -0.832. The van der Waals surface area contributed by atoms with Crippen molar-refractivity contribution in [2.75, 3.05) is 10.8 Å². The highest BCUT2D eigenvalue weighted by atomic mass is 35.5. The standard InChI is InChI=1S/C29H33Cl2N3O4S/c1-5-27(29(36)32-20(2)3)33(18-22-11-9-21(4)10-12-22)28(35)19-34(25-8-6-7-24(31)17-25)39(37,38)26-15-13-23(30)14-16-26/h6-17,20,27H,5,18-19H2,1-4H3,(H,32,36). The third-order valence-electron chi connectivity index (χ3n) is 6.07. The molecule has 1 unspecified atom stereocenters. The lowest BCUT2D eigenvalue weighted by molar-refractivity contribution is -0.140. The molecule has 0 aliphatic carbocycles. The van der Waals surface area contributed by atoms with E-state index in [0.29, 0.717) is 16.5 Å². The maximum absolute atomic E-state index is 14.0. The average molecular weight is 591 g/mol. The number of hydrogen-bond acceptors (Lipinski definition) is 4. The molecule has 2 amide bonds. The third-order valence-corrected chi connectivity index (χ3v) is 8.34. The zero-order valence-corrected chi connectivity index (χ0v) is 24.7. The van der Waals surface area contributed by atoms with Crippen molar-refractivity contribution in [1.82, 2.24) is 10.2 Å².